The van der Waals surface area contributed by atoms with Gasteiger partial charge in [-0.05, 0) is 13.3 Å². The zero-order chi connectivity index (χ0) is 14.0. The molecule has 0 spiro atoms. The Bertz CT molecular complexity index is 528. The standard InChI is InChI=1S/C14H21N4O/c1-5-8-18(14(19)17-7-6-15-9-17)10-16-12(4)13(18)11(2)3/h6-7,9-11H,5,8H2,1-4H3/q+1. The van der Waals surface area contributed by atoms with Crippen LogP contribution in [0.25, 0.3) is 0 Å². The molecule has 19 heavy (non-hydrogen) atoms. The summed E-state index contributed by atoms with van der Waals surface area (Å²) in [5, 5.41) is 0. The molecule has 0 fully saturated rings. The highest BCUT2D eigenvalue weighted by Crippen LogP contribution is 2.33. The lowest BCUT2D eigenvalue weighted by molar-refractivity contribution is -0.711. The van der Waals surface area contributed by atoms with Crippen LogP contribution in [0.5, 0.6) is 0 Å². The highest BCUT2D eigenvalue weighted by Gasteiger charge is 2.46. The number of aromatic nitrogens is 2. The van der Waals surface area contributed by atoms with E-state index in [1.54, 1.807) is 29.6 Å². The van der Waals surface area contributed by atoms with Gasteiger partial charge < -0.3 is 0 Å². The molecule has 1 aliphatic rings. The summed E-state index contributed by atoms with van der Waals surface area (Å²) in [7, 11) is 0. The SMILES string of the molecule is CCC[N+]1(C(=O)n2ccnc2)C=NC(C)=C1C(C)C. The Hall–Kier alpha value is -1.75. The predicted molar refractivity (Wildman–Crippen MR) is 74.5 cm³/mol. The van der Waals surface area contributed by atoms with Gasteiger partial charge in [0.1, 0.15) is 17.7 Å². The third kappa shape index (κ3) is 2.14. The third-order valence-corrected chi connectivity index (χ3v) is 3.44. The number of imidazole rings is 1. The topological polar surface area (TPSA) is 47.2 Å². The first kappa shape index (κ1) is 13.7. The summed E-state index contributed by atoms with van der Waals surface area (Å²) >= 11 is 0. The van der Waals surface area contributed by atoms with Crippen LogP contribution < -0.4 is 0 Å². The average Bonchev–Trinajstić information content (AvgIpc) is 2.97. The van der Waals surface area contributed by atoms with Crippen LogP contribution in [0.15, 0.2) is 35.1 Å². The summed E-state index contributed by atoms with van der Waals surface area (Å²) in [5.74, 6) is 0.279. The first-order chi connectivity index (χ1) is 9.03. The van der Waals surface area contributed by atoms with Crippen LogP contribution in [0, 0.1) is 5.92 Å². The Kier molecular flexibility index (Phi) is 3.66. The number of aliphatic imine (C=N–C) groups is 1. The molecule has 1 aromatic heterocycles. The lowest BCUT2D eigenvalue weighted by Gasteiger charge is -2.31. The number of carbonyl (C=O) groups is 1. The van der Waals surface area contributed by atoms with E-state index in [1.165, 1.54) is 0 Å². The van der Waals surface area contributed by atoms with Crippen molar-refractivity contribution in [3.05, 3.63) is 30.1 Å². The van der Waals surface area contributed by atoms with Gasteiger partial charge in [-0.3, -0.25) is 0 Å². The Balaban J connectivity index is 2.51. The molecule has 1 aromatic rings. The summed E-state index contributed by atoms with van der Waals surface area (Å²) in [6.45, 7) is 9.00. The van der Waals surface area contributed by atoms with Crippen LogP contribution in [0.4, 0.5) is 4.79 Å². The second-order valence-corrected chi connectivity index (χ2v) is 5.21. The van der Waals surface area contributed by atoms with Gasteiger partial charge in [-0.1, -0.05) is 20.8 Å². The summed E-state index contributed by atoms with van der Waals surface area (Å²) in [5.41, 5.74) is 2.04. The van der Waals surface area contributed by atoms with E-state index in [0.29, 0.717) is 0 Å². The van der Waals surface area contributed by atoms with Gasteiger partial charge in [-0.15, -0.1) is 0 Å². The van der Waals surface area contributed by atoms with E-state index in [4.69, 9.17) is 0 Å². The number of amides is 1. The zero-order valence-electron chi connectivity index (χ0n) is 12.0. The molecule has 1 amide bonds. The minimum atomic E-state index is -0.0105. The molecule has 2 rings (SSSR count). The maximum atomic E-state index is 12.9. The number of quaternary nitrogens is 1. The van der Waals surface area contributed by atoms with Crippen molar-refractivity contribution in [1.82, 2.24) is 9.55 Å². The molecule has 0 aliphatic carbocycles. The number of carbonyl (C=O) groups excluding carboxylic acids is 1. The second kappa shape index (κ2) is 5.09. The van der Waals surface area contributed by atoms with Gasteiger partial charge in [0.2, 0.25) is 6.34 Å². The normalized spacial score (nSPS) is 22.6. The summed E-state index contributed by atoms with van der Waals surface area (Å²) in [6.07, 6.45) is 7.56. The van der Waals surface area contributed by atoms with Crippen molar-refractivity contribution in [3.63, 3.8) is 0 Å². The van der Waals surface area contributed by atoms with E-state index in [1.807, 2.05) is 6.92 Å². The maximum absolute atomic E-state index is 12.9. The van der Waals surface area contributed by atoms with Crippen LogP contribution in [-0.2, 0) is 0 Å². The molecule has 0 saturated heterocycles. The quantitative estimate of drug-likeness (QED) is 0.785. The van der Waals surface area contributed by atoms with Crippen molar-refractivity contribution >= 4 is 12.4 Å². The Morgan fingerprint density at radius 3 is 2.74 bits per heavy atom. The first-order valence-electron chi connectivity index (χ1n) is 6.70. The van der Waals surface area contributed by atoms with Crippen molar-refractivity contribution in [2.75, 3.05) is 6.54 Å². The molecule has 2 heterocycles. The Morgan fingerprint density at radius 1 is 1.47 bits per heavy atom. The van der Waals surface area contributed by atoms with Gasteiger partial charge in [0.25, 0.3) is 0 Å². The van der Waals surface area contributed by atoms with E-state index >= 15 is 0 Å². The van der Waals surface area contributed by atoms with Gasteiger partial charge in [0.15, 0.2) is 0 Å². The van der Waals surface area contributed by atoms with Gasteiger partial charge >= 0.3 is 6.03 Å². The third-order valence-electron chi connectivity index (χ3n) is 3.44. The molecule has 1 atom stereocenters. The van der Waals surface area contributed by atoms with E-state index in [2.05, 4.69) is 30.7 Å². The smallest absolute Gasteiger partial charge is 0.245 e. The zero-order valence-corrected chi connectivity index (χ0v) is 12.0. The molecular weight excluding hydrogens is 240 g/mol. The molecule has 0 saturated carbocycles. The summed E-state index contributed by atoms with van der Waals surface area (Å²) in [4.78, 5) is 21.2. The van der Waals surface area contributed by atoms with E-state index < -0.39 is 0 Å². The number of rotatable bonds is 3. The Morgan fingerprint density at radius 2 is 2.21 bits per heavy atom. The number of hydrogen-bond donors (Lipinski definition) is 0. The predicted octanol–water partition coefficient (Wildman–Crippen LogP) is 3.01. The summed E-state index contributed by atoms with van der Waals surface area (Å²) in [6, 6.07) is -0.0105. The minimum Gasteiger partial charge on any atom is -0.245 e. The molecule has 0 aromatic carbocycles. The van der Waals surface area contributed by atoms with Crippen molar-refractivity contribution in [2.45, 2.75) is 34.1 Å². The average molecular weight is 261 g/mol. The number of nitrogens with zero attached hydrogens (tertiary/aromatic N) is 4. The fraction of sp³-hybridized carbons (Fsp3) is 0.500. The first-order valence-corrected chi connectivity index (χ1v) is 6.70. The van der Waals surface area contributed by atoms with Gasteiger partial charge in [-0.2, -0.15) is 4.48 Å². The van der Waals surface area contributed by atoms with Crippen LogP contribution in [0.3, 0.4) is 0 Å². The van der Waals surface area contributed by atoms with Crippen LogP contribution >= 0.6 is 0 Å². The monoisotopic (exact) mass is 261 g/mol. The fourth-order valence-electron chi connectivity index (χ4n) is 2.84. The van der Waals surface area contributed by atoms with Crippen LogP contribution in [0.1, 0.15) is 34.1 Å². The van der Waals surface area contributed by atoms with E-state index in [-0.39, 0.29) is 16.4 Å². The number of hydrogen-bond acceptors (Lipinski definition) is 3. The van der Waals surface area contributed by atoms with E-state index in [0.717, 1.165) is 24.4 Å². The Labute approximate surface area is 113 Å². The van der Waals surface area contributed by atoms with Gasteiger partial charge in [0, 0.05) is 18.3 Å². The van der Waals surface area contributed by atoms with Gasteiger partial charge in [0.05, 0.1) is 6.54 Å². The highest BCUT2D eigenvalue weighted by atomic mass is 16.2. The fourth-order valence-corrected chi connectivity index (χ4v) is 2.84. The molecule has 5 nitrogen and oxygen atoms in total. The maximum Gasteiger partial charge on any atom is 0.439 e. The van der Waals surface area contributed by atoms with Crippen molar-refractivity contribution in [1.29, 1.82) is 0 Å². The molecule has 1 unspecified atom stereocenters. The molecular formula is C14H21N4O+. The second-order valence-electron chi connectivity index (χ2n) is 5.21. The lowest BCUT2D eigenvalue weighted by Crippen LogP contribution is -2.53. The van der Waals surface area contributed by atoms with Crippen molar-refractivity contribution in [3.8, 4) is 0 Å². The molecule has 0 N–H and O–H groups in total. The highest BCUT2D eigenvalue weighted by molar-refractivity contribution is 5.81. The van der Waals surface area contributed by atoms with Crippen molar-refractivity contribution in [2.24, 2.45) is 10.9 Å². The molecule has 1 aliphatic heterocycles. The van der Waals surface area contributed by atoms with Crippen LogP contribution in [-0.4, -0.2) is 32.9 Å². The lowest BCUT2D eigenvalue weighted by atomic mass is 10.1. The molecule has 0 bridgehead atoms. The molecule has 0 radical (unpaired) electrons. The molecule has 5 heteroatoms. The van der Waals surface area contributed by atoms with Crippen molar-refractivity contribution < 1.29 is 9.28 Å². The largest absolute Gasteiger partial charge is 0.439 e. The minimum absolute atomic E-state index is 0.0105. The molecule has 102 valence electrons. The van der Waals surface area contributed by atoms with E-state index in [9.17, 15) is 4.79 Å². The van der Waals surface area contributed by atoms with Crippen LogP contribution in [0.2, 0.25) is 0 Å². The number of allylic oxidation sites excluding steroid dienone is 2. The summed E-state index contributed by atoms with van der Waals surface area (Å²) < 4.78 is 1.74. The van der Waals surface area contributed by atoms with Gasteiger partial charge in [-0.25, -0.2) is 19.3 Å².